The third kappa shape index (κ3) is 3.32. The highest BCUT2D eigenvalue weighted by atomic mass is 19.1. The third-order valence-electron chi connectivity index (χ3n) is 2.54. The maximum atomic E-state index is 12.7. The molecule has 0 aliphatic carbocycles. The van der Waals surface area contributed by atoms with Crippen LogP contribution in [-0.4, -0.2) is 11.9 Å². The second-order valence-corrected chi connectivity index (χ2v) is 4.00. The number of rotatable bonds is 3. The molecule has 20 heavy (non-hydrogen) atoms. The van der Waals surface area contributed by atoms with Gasteiger partial charge in [0.15, 0.2) is 0 Å². The number of halogens is 1. The van der Waals surface area contributed by atoms with Crippen LogP contribution in [0.2, 0.25) is 0 Å². The molecule has 0 heterocycles. The molecule has 3 amide bonds. The molecule has 0 unspecified atom stereocenters. The summed E-state index contributed by atoms with van der Waals surface area (Å²) in [5.41, 5.74) is 6.15. The van der Waals surface area contributed by atoms with Crippen molar-refractivity contribution >= 4 is 23.3 Å². The zero-order chi connectivity index (χ0) is 14.5. The number of primary amides is 1. The first-order chi connectivity index (χ1) is 9.56. The molecule has 2 rings (SSSR count). The molecule has 0 aliphatic rings. The summed E-state index contributed by atoms with van der Waals surface area (Å²) in [7, 11) is 0. The quantitative estimate of drug-likeness (QED) is 0.803. The Balaban J connectivity index is 2.08. The maximum absolute atomic E-state index is 12.7. The van der Waals surface area contributed by atoms with Gasteiger partial charge in [-0.1, -0.05) is 12.1 Å². The Morgan fingerprint density at radius 1 is 0.950 bits per heavy atom. The summed E-state index contributed by atoms with van der Waals surface area (Å²) >= 11 is 0. The Kier molecular flexibility index (Phi) is 3.95. The number of para-hydroxylation sites is 1. The summed E-state index contributed by atoms with van der Waals surface area (Å²) in [4.78, 5) is 23.0. The number of anilines is 2. The first-order valence-electron chi connectivity index (χ1n) is 5.78. The van der Waals surface area contributed by atoms with Crippen molar-refractivity contribution in [1.82, 2.24) is 0 Å². The molecule has 0 saturated heterocycles. The van der Waals surface area contributed by atoms with Gasteiger partial charge in [0.05, 0.1) is 11.3 Å². The van der Waals surface area contributed by atoms with E-state index in [1.807, 2.05) is 0 Å². The first-order valence-corrected chi connectivity index (χ1v) is 5.78. The van der Waals surface area contributed by atoms with Crippen molar-refractivity contribution in [2.24, 2.45) is 5.73 Å². The zero-order valence-corrected chi connectivity index (χ0v) is 10.4. The van der Waals surface area contributed by atoms with Crippen LogP contribution >= 0.6 is 0 Å². The molecule has 0 aromatic heterocycles. The number of urea groups is 1. The van der Waals surface area contributed by atoms with E-state index in [0.717, 1.165) is 0 Å². The highest BCUT2D eigenvalue weighted by molar-refractivity contribution is 6.06. The Morgan fingerprint density at radius 2 is 1.60 bits per heavy atom. The van der Waals surface area contributed by atoms with Gasteiger partial charge in [0.2, 0.25) is 0 Å². The molecular weight excluding hydrogens is 261 g/mol. The molecule has 2 aromatic carbocycles. The normalized spacial score (nSPS) is 9.85. The lowest BCUT2D eigenvalue weighted by Gasteiger charge is -2.10. The van der Waals surface area contributed by atoms with Crippen molar-refractivity contribution in [2.75, 3.05) is 10.6 Å². The van der Waals surface area contributed by atoms with Gasteiger partial charge in [-0.15, -0.1) is 0 Å². The van der Waals surface area contributed by atoms with Crippen molar-refractivity contribution in [3.8, 4) is 0 Å². The number of hydrogen-bond donors (Lipinski definition) is 3. The molecule has 0 bridgehead atoms. The Bertz CT molecular complexity index is 641. The molecule has 0 spiro atoms. The molecule has 0 radical (unpaired) electrons. The lowest BCUT2D eigenvalue weighted by molar-refractivity contribution is 0.100. The Labute approximate surface area is 114 Å². The SMILES string of the molecule is NC(=O)c1ccccc1NC(=O)Nc1ccc(F)cc1. The topological polar surface area (TPSA) is 84.2 Å². The molecule has 0 fully saturated rings. The second kappa shape index (κ2) is 5.83. The van der Waals surface area contributed by atoms with E-state index in [0.29, 0.717) is 11.4 Å². The van der Waals surface area contributed by atoms with Crippen molar-refractivity contribution in [3.05, 3.63) is 59.9 Å². The van der Waals surface area contributed by atoms with Crippen LogP contribution in [0.3, 0.4) is 0 Å². The molecule has 0 aliphatic heterocycles. The average Bonchev–Trinajstić information content (AvgIpc) is 2.41. The predicted molar refractivity (Wildman–Crippen MR) is 74.0 cm³/mol. The van der Waals surface area contributed by atoms with Gasteiger partial charge in [0.1, 0.15) is 5.82 Å². The van der Waals surface area contributed by atoms with E-state index in [9.17, 15) is 14.0 Å². The van der Waals surface area contributed by atoms with Crippen molar-refractivity contribution in [1.29, 1.82) is 0 Å². The lowest BCUT2D eigenvalue weighted by atomic mass is 10.1. The van der Waals surface area contributed by atoms with Gasteiger partial charge in [-0.3, -0.25) is 4.79 Å². The van der Waals surface area contributed by atoms with E-state index in [1.165, 1.54) is 30.3 Å². The number of carbonyl (C=O) groups excluding carboxylic acids is 2. The summed E-state index contributed by atoms with van der Waals surface area (Å²) in [5, 5.41) is 5.03. The predicted octanol–water partition coefficient (Wildman–Crippen LogP) is 2.57. The fourth-order valence-electron chi connectivity index (χ4n) is 1.62. The van der Waals surface area contributed by atoms with Crippen LogP contribution in [0.5, 0.6) is 0 Å². The second-order valence-electron chi connectivity index (χ2n) is 4.00. The van der Waals surface area contributed by atoms with Crippen LogP contribution in [-0.2, 0) is 0 Å². The molecule has 0 atom stereocenters. The van der Waals surface area contributed by atoms with Crippen molar-refractivity contribution in [3.63, 3.8) is 0 Å². The fourth-order valence-corrected chi connectivity index (χ4v) is 1.62. The highest BCUT2D eigenvalue weighted by Crippen LogP contribution is 2.15. The van der Waals surface area contributed by atoms with Crippen LogP contribution in [0, 0.1) is 5.82 Å². The molecule has 6 heteroatoms. The maximum Gasteiger partial charge on any atom is 0.323 e. The molecule has 5 nitrogen and oxygen atoms in total. The van der Waals surface area contributed by atoms with Crippen LogP contribution in [0.25, 0.3) is 0 Å². The van der Waals surface area contributed by atoms with Crippen LogP contribution < -0.4 is 16.4 Å². The van der Waals surface area contributed by atoms with Gasteiger partial charge in [-0.2, -0.15) is 0 Å². The van der Waals surface area contributed by atoms with Gasteiger partial charge in [0.25, 0.3) is 5.91 Å². The Morgan fingerprint density at radius 3 is 2.25 bits per heavy atom. The van der Waals surface area contributed by atoms with Gasteiger partial charge >= 0.3 is 6.03 Å². The van der Waals surface area contributed by atoms with E-state index in [2.05, 4.69) is 10.6 Å². The van der Waals surface area contributed by atoms with E-state index < -0.39 is 17.8 Å². The third-order valence-corrected chi connectivity index (χ3v) is 2.54. The van der Waals surface area contributed by atoms with Gasteiger partial charge in [0, 0.05) is 5.69 Å². The minimum atomic E-state index is -0.636. The minimum absolute atomic E-state index is 0.210. The summed E-state index contributed by atoms with van der Waals surface area (Å²) in [6.07, 6.45) is 0. The van der Waals surface area contributed by atoms with Gasteiger partial charge in [-0.25, -0.2) is 9.18 Å². The van der Waals surface area contributed by atoms with E-state index in [-0.39, 0.29) is 5.56 Å². The van der Waals surface area contributed by atoms with E-state index >= 15 is 0 Å². The molecular formula is C14H12FN3O2. The van der Waals surface area contributed by atoms with Crippen LogP contribution in [0.1, 0.15) is 10.4 Å². The molecule has 102 valence electrons. The Hall–Kier alpha value is -2.89. The number of benzene rings is 2. The smallest absolute Gasteiger partial charge is 0.323 e. The van der Waals surface area contributed by atoms with E-state index in [4.69, 9.17) is 5.73 Å². The monoisotopic (exact) mass is 273 g/mol. The summed E-state index contributed by atoms with van der Waals surface area (Å²) in [6.45, 7) is 0. The number of carbonyl (C=O) groups is 2. The van der Waals surface area contributed by atoms with Crippen molar-refractivity contribution < 1.29 is 14.0 Å². The summed E-state index contributed by atoms with van der Waals surface area (Å²) in [5.74, 6) is -1.03. The highest BCUT2D eigenvalue weighted by Gasteiger charge is 2.10. The fraction of sp³-hybridized carbons (Fsp3) is 0. The molecule has 0 saturated carbocycles. The van der Waals surface area contributed by atoms with E-state index in [1.54, 1.807) is 18.2 Å². The summed E-state index contributed by atoms with van der Waals surface area (Å²) < 4.78 is 12.7. The van der Waals surface area contributed by atoms with Crippen LogP contribution in [0.15, 0.2) is 48.5 Å². The minimum Gasteiger partial charge on any atom is -0.366 e. The molecule has 2 aromatic rings. The lowest BCUT2D eigenvalue weighted by Crippen LogP contribution is -2.22. The van der Waals surface area contributed by atoms with Crippen molar-refractivity contribution in [2.45, 2.75) is 0 Å². The summed E-state index contributed by atoms with van der Waals surface area (Å²) in [6, 6.07) is 11.1. The van der Waals surface area contributed by atoms with Gasteiger partial charge < -0.3 is 16.4 Å². The van der Waals surface area contributed by atoms with Crippen LogP contribution in [0.4, 0.5) is 20.6 Å². The number of hydrogen-bond acceptors (Lipinski definition) is 2. The zero-order valence-electron chi connectivity index (χ0n) is 10.4. The van der Waals surface area contributed by atoms with Gasteiger partial charge in [-0.05, 0) is 36.4 Å². The molecule has 4 N–H and O–H groups in total. The number of nitrogens with two attached hydrogens (primary N) is 1. The number of nitrogens with one attached hydrogen (secondary N) is 2. The first kappa shape index (κ1) is 13.5. The standard InChI is InChI=1S/C14H12FN3O2/c15-9-5-7-10(8-6-9)17-14(20)18-12-4-2-1-3-11(12)13(16)19/h1-8H,(H2,16,19)(H2,17,18,20). The number of amides is 3. The average molecular weight is 273 g/mol. The largest absolute Gasteiger partial charge is 0.366 e.